The number of rotatable bonds is 7. The molecule has 0 unspecified atom stereocenters. The molecule has 0 spiro atoms. The second-order valence-electron chi connectivity index (χ2n) is 6.18. The summed E-state index contributed by atoms with van der Waals surface area (Å²) in [5, 5.41) is 10.4. The molecule has 9 nitrogen and oxygen atoms in total. The molecular formula is C19H19ClN4O5S. The maximum Gasteiger partial charge on any atom is 0.348 e. The number of nitrogens with one attached hydrogen (secondary N) is 2. The van der Waals surface area contributed by atoms with Crippen molar-refractivity contribution < 1.29 is 23.9 Å². The van der Waals surface area contributed by atoms with Gasteiger partial charge in [-0.15, -0.1) is 11.3 Å². The number of carbonyl (C=O) groups excluding carboxylic acids is 3. The highest BCUT2D eigenvalue weighted by Gasteiger charge is 2.19. The van der Waals surface area contributed by atoms with E-state index in [1.807, 2.05) is 19.1 Å². The van der Waals surface area contributed by atoms with Gasteiger partial charge in [-0.3, -0.25) is 10.1 Å². The maximum atomic E-state index is 12.4. The Kier molecular flexibility index (Phi) is 7.03. The van der Waals surface area contributed by atoms with Crippen LogP contribution < -0.4 is 10.6 Å². The van der Waals surface area contributed by atoms with Crippen molar-refractivity contribution in [3.8, 4) is 5.69 Å². The van der Waals surface area contributed by atoms with Gasteiger partial charge in [0.05, 0.1) is 18.0 Å². The Morgan fingerprint density at radius 2 is 1.97 bits per heavy atom. The van der Waals surface area contributed by atoms with Gasteiger partial charge in [0, 0.05) is 24.1 Å². The average molecular weight is 451 g/mol. The van der Waals surface area contributed by atoms with Gasteiger partial charge in [-0.05, 0) is 37.3 Å². The normalized spacial score (nSPS) is 10.8. The second-order valence-corrected chi connectivity index (χ2v) is 7.64. The molecule has 2 N–H and O–H groups in total. The number of halogens is 1. The molecule has 0 radical (unpaired) electrons. The molecule has 3 rings (SSSR count). The number of aryl methyl sites for hydroxylation is 1. The zero-order valence-corrected chi connectivity index (χ0v) is 17.8. The predicted molar refractivity (Wildman–Crippen MR) is 112 cm³/mol. The molecule has 0 aliphatic heterocycles. The van der Waals surface area contributed by atoms with Crippen LogP contribution >= 0.6 is 22.9 Å². The Morgan fingerprint density at radius 3 is 2.67 bits per heavy atom. The third-order valence-corrected chi connectivity index (χ3v) is 5.34. The van der Waals surface area contributed by atoms with Gasteiger partial charge >= 0.3 is 12.0 Å². The van der Waals surface area contributed by atoms with Crippen LogP contribution in [0.1, 0.15) is 15.4 Å². The second kappa shape index (κ2) is 9.70. The van der Waals surface area contributed by atoms with E-state index in [-0.39, 0.29) is 6.54 Å². The summed E-state index contributed by atoms with van der Waals surface area (Å²) in [5.74, 6) is -1.39. The molecule has 3 aromatic rings. The zero-order chi connectivity index (χ0) is 21.7. The number of thiophene rings is 1. The minimum absolute atomic E-state index is 0.251. The fourth-order valence-electron chi connectivity index (χ4n) is 2.58. The Morgan fingerprint density at radius 1 is 1.23 bits per heavy atom. The quantitative estimate of drug-likeness (QED) is 0.423. The van der Waals surface area contributed by atoms with Crippen LogP contribution in [0.3, 0.4) is 0 Å². The molecule has 2 aromatic heterocycles. The number of esters is 1. The van der Waals surface area contributed by atoms with Crippen LogP contribution in [0.15, 0.2) is 30.3 Å². The molecule has 0 aliphatic rings. The lowest BCUT2D eigenvalue weighted by Crippen LogP contribution is -2.42. The number of methoxy groups -OCH3 is 1. The molecule has 0 bridgehead atoms. The van der Waals surface area contributed by atoms with Crippen LogP contribution in [0.5, 0.6) is 0 Å². The summed E-state index contributed by atoms with van der Waals surface area (Å²) in [4.78, 5) is 36.7. The van der Waals surface area contributed by atoms with Crippen LogP contribution in [0.2, 0.25) is 5.02 Å². The minimum Gasteiger partial charge on any atom is -0.451 e. The van der Waals surface area contributed by atoms with Crippen LogP contribution in [0, 0.1) is 6.92 Å². The monoisotopic (exact) mass is 450 g/mol. The molecule has 30 heavy (non-hydrogen) atoms. The van der Waals surface area contributed by atoms with Crippen molar-refractivity contribution >= 4 is 51.1 Å². The third-order valence-electron chi connectivity index (χ3n) is 4.00. The molecule has 3 amide bonds. The first-order chi connectivity index (χ1) is 14.4. The lowest BCUT2D eigenvalue weighted by molar-refractivity contribution is -0.123. The van der Waals surface area contributed by atoms with Gasteiger partial charge in [-0.25, -0.2) is 14.3 Å². The van der Waals surface area contributed by atoms with E-state index in [1.165, 1.54) is 18.4 Å². The molecule has 0 saturated heterocycles. The Hall–Kier alpha value is -2.95. The Labute approximate surface area is 180 Å². The SMILES string of the molecule is COCCNC(=O)NC(=O)COC(=O)c1cc2c(C)nn(-c3ccc(Cl)cc3)c2s1. The molecule has 0 fully saturated rings. The first-order valence-electron chi connectivity index (χ1n) is 8.88. The topological polar surface area (TPSA) is 112 Å². The number of carbonyl (C=O) groups is 3. The number of nitrogens with zero attached hydrogens (tertiary/aromatic N) is 2. The fraction of sp³-hybridized carbons (Fsp3) is 0.263. The summed E-state index contributed by atoms with van der Waals surface area (Å²) in [6, 6.07) is 8.15. The van der Waals surface area contributed by atoms with Crippen molar-refractivity contribution in [2.24, 2.45) is 0 Å². The summed E-state index contributed by atoms with van der Waals surface area (Å²) in [7, 11) is 1.49. The molecular weight excluding hydrogens is 432 g/mol. The van der Waals surface area contributed by atoms with E-state index in [4.69, 9.17) is 21.1 Å². The summed E-state index contributed by atoms with van der Waals surface area (Å²) < 4.78 is 11.5. The van der Waals surface area contributed by atoms with Gasteiger partial charge in [-0.1, -0.05) is 11.6 Å². The molecule has 0 aliphatic carbocycles. The summed E-state index contributed by atoms with van der Waals surface area (Å²) >= 11 is 7.14. The summed E-state index contributed by atoms with van der Waals surface area (Å²) in [6.45, 7) is 1.83. The van der Waals surface area contributed by atoms with Crippen molar-refractivity contribution in [1.29, 1.82) is 0 Å². The van der Waals surface area contributed by atoms with Gasteiger partial charge in [0.15, 0.2) is 6.61 Å². The number of fused-ring (bicyclic) bond motifs is 1. The van der Waals surface area contributed by atoms with Crippen molar-refractivity contribution in [3.63, 3.8) is 0 Å². The lowest BCUT2D eigenvalue weighted by Gasteiger charge is -2.06. The van der Waals surface area contributed by atoms with E-state index in [0.29, 0.717) is 16.5 Å². The third kappa shape index (κ3) is 5.15. The van der Waals surface area contributed by atoms with E-state index in [1.54, 1.807) is 22.9 Å². The minimum atomic E-state index is -0.733. The molecule has 0 atom stereocenters. The van der Waals surface area contributed by atoms with Crippen molar-refractivity contribution in [3.05, 3.63) is 45.9 Å². The number of urea groups is 1. The Balaban J connectivity index is 1.65. The fourth-order valence-corrected chi connectivity index (χ4v) is 3.78. The number of hydrogen-bond donors (Lipinski definition) is 2. The molecule has 11 heteroatoms. The van der Waals surface area contributed by atoms with E-state index in [2.05, 4.69) is 15.7 Å². The first-order valence-corrected chi connectivity index (χ1v) is 10.1. The highest BCUT2D eigenvalue weighted by Crippen LogP contribution is 2.31. The summed E-state index contributed by atoms with van der Waals surface area (Å²) in [5.41, 5.74) is 1.55. The number of benzene rings is 1. The highest BCUT2D eigenvalue weighted by molar-refractivity contribution is 7.20. The van der Waals surface area contributed by atoms with E-state index >= 15 is 0 Å². The van der Waals surface area contributed by atoms with Gasteiger partial charge < -0.3 is 14.8 Å². The van der Waals surface area contributed by atoms with Gasteiger partial charge in [0.1, 0.15) is 9.71 Å². The summed E-state index contributed by atoms with van der Waals surface area (Å²) in [6.07, 6.45) is 0. The number of hydrogen-bond acceptors (Lipinski definition) is 7. The first kappa shape index (κ1) is 21.8. The average Bonchev–Trinajstić information content (AvgIpc) is 3.28. The lowest BCUT2D eigenvalue weighted by atomic mass is 10.3. The largest absolute Gasteiger partial charge is 0.451 e. The van der Waals surface area contributed by atoms with Crippen molar-refractivity contribution in [1.82, 2.24) is 20.4 Å². The van der Waals surface area contributed by atoms with E-state index in [9.17, 15) is 14.4 Å². The van der Waals surface area contributed by atoms with Crippen LogP contribution in [-0.4, -0.2) is 54.6 Å². The number of aromatic nitrogens is 2. The van der Waals surface area contributed by atoms with Gasteiger partial charge in [0.25, 0.3) is 5.91 Å². The van der Waals surface area contributed by atoms with E-state index < -0.39 is 24.5 Å². The molecule has 0 saturated carbocycles. The predicted octanol–water partition coefficient (Wildman–Crippen LogP) is 2.68. The van der Waals surface area contributed by atoms with E-state index in [0.717, 1.165) is 21.6 Å². The standard InChI is InChI=1S/C19H19ClN4O5S/c1-11-14-9-15(18(26)29-10-16(25)22-19(27)21-7-8-28-2)30-17(14)24(23-11)13-5-3-12(20)4-6-13/h3-6,9H,7-8,10H2,1-2H3,(H2,21,22,25,27). The molecule has 158 valence electrons. The van der Waals surface area contributed by atoms with Gasteiger partial charge in [-0.2, -0.15) is 5.10 Å². The number of ether oxygens (including phenoxy) is 2. The number of amides is 3. The molecule has 1 aromatic carbocycles. The van der Waals surface area contributed by atoms with Gasteiger partial charge in [0.2, 0.25) is 0 Å². The Bertz CT molecular complexity index is 1080. The van der Waals surface area contributed by atoms with Crippen LogP contribution in [0.25, 0.3) is 15.9 Å². The zero-order valence-electron chi connectivity index (χ0n) is 16.2. The van der Waals surface area contributed by atoms with Crippen LogP contribution in [0.4, 0.5) is 4.79 Å². The highest BCUT2D eigenvalue weighted by atomic mass is 35.5. The van der Waals surface area contributed by atoms with Crippen LogP contribution in [-0.2, 0) is 14.3 Å². The van der Waals surface area contributed by atoms with Crippen molar-refractivity contribution in [2.75, 3.05) is 26.9 Å². The number of imide groups is 1. The smallest absolute Gasteiger partial charge is 0.348 e. The maximum absolute atomic E-state index is 12.4. The van der Waals surface area contributed by atoms with Crippen molar-refractivity contribution in [2.45, 2.75) is 6.92 Å². The molecule has 2 heterocycles.